The molecule has 0 radical (unpaired) electrons. The van der Waals surface area contributed by atoms with Crippen molar-refractivity contribution in [3.05, 3.63) is 71.0 Å². The van der Waals surface area contributed by atoms with Gasteiger partial charge in [-0.05, 0) is 74.7 Å². The highest BCUT2D eigenvalue weighted by Gasteiger charge is 2.27. The van der Waals surface area contributed by atoms with E-state index >= 15 is 0 Å². The lowest BCUT2D eigenvalue weighted by Gasteiger charge is -2.36. The van der Waals surface area contributed by atoms with E-state index in [9.17, 15) is 9.18 Å². The molecule has 1 unspecified atom stereocenters. The van der Waals surface area contributed by atoms with Crippen LogP contribution in [-0.4, -0.2) is 53.3 Å². The Labute approximate surface area is 194 Å². The van der Waals surface area contributed by atoms with E-state index in [2.05, 4.69) is 48.0 Å². The largest absolute Gasteiger partial charge is 0.478 e. The SMILES string of the molecule is Cc1cc(C)c(-c2ccc(N3CCN(C(=O)C(C)Oc4ccccc4F)CC3)nn2)cc1C. The topological polar surface area (TPSA) is 58.6 Å². The van der Waals surface area contributed by atoms with Crippen molar-refractivity contribution >= 4 is 11.7 Å². The van der Waals surface area contributed by atoms with Crippen LogP contribution in [0, 0.1) is 26.6 Å². The molecule has 6 nitrogen and oxygen atoms in total. The summed E-state index contributed by atoms with van der Waals surface area (Å²) in [5.74, 6) is 0.263. The molecule has 1 amide bonds. The normalized spacial score (nSPS) is 14.8. The average Bonchev–Trinajstić information content (AvgIpc) is 2.82. The van der Waals surface area contributed by atoms with Crippen molar-refractivity contribution in [1.29, 1.82) is 0 Å². The quantitative estimate of drug-likeness (QED) is 0.582. The minimum Gasteiger partial charge on any atom is -0.478 e. The van der Waals surface area contributed by atoms with Crippen LogP contribution in [0.4, 0.5) is 10.2 Å². The molecule has 3 aromatic rings. The Bertz CT molecular complexity index is 1140. The predicted octanol–water partition coefficient (Wildman–Crippen LogP) is 4.32. The van der Waals surface area contributed by atoms with Crippen LogP contribution < -0.4 is 9.64 Å². The molecule has 0 saturated carbocycles. The number of amides is 1. The number of aromatic nitrogens is 2. The van der Waals surface area contributed by atoms with E-state index < -0.39 is 11.9 Å². The van der Waals surface area contributed by atoms with Crippen LogP contribution >= 0.6 is 0 Å². The zero-order valence-corrected chi connectivity index (χ0v) is 19.5. The molecule has 1 saturated heterocycles. The van der Waals surface area contributed by atoms with Gasteiger partial charge in [0.1, 0.15) is 0 Å². The Balaban J connectivity index is 1.36. The monoisotopic (exact) mass is 448 g/mol. The summed E-state index contributed by atoms with van der Waals surface area (Å²) in [6, 6.07) is 14.4. The summed E-state index contributed by atoms with van der Waals surface area (Å²) in [7, 11) is 0. The molecule has 33 heavy (non-hydrogen) atoms. The number of benzene rings is 2. The molecule has 0 bridgehead atoms. The number of aryl methyl sites for hydroxylation is 3. The average molecular weight is 449 g/mol. The maximum Gasteiger partial charge on any atom is 0.263 e. The minimum atomic E-state index is -0.756. The number of halogens is 1. The molecule has 1 aliphatic heterocycles. The van der Waals surface area contributed by atoms with Crippen molar-refractivity contribution in [2.24, 2.45) is 0 Å². The number of hydrogen-bond acceptors (Lipinski definition) is 5. The maximum absolute atomic E-state index is 13.8. The van der Waals surface area contributed by atoms with E-state index in [1.165, 1.54) is 28.8 Å². The molecule has 0 aliphatic carbocycles. The number of ether oxygens (including phenoxy) is 1. The first-order valence-corrected chi connectivity index (χ1v) is 11.2. The number of carbonyl (C=O) groups is 1. The summed E-state index contributed by atoms with van der Waals surface area (Å²) < 4.78 is 19.4. The van der Waals surface area contributed by atoms with Crippen LogP contribution in [0.15, 0.2) is 48.5 Å². The van der Waals surface area contributed by atoms with Gasteiger partial charge >= 0.3 is 0 Å². The third kappa shape index (κ3) is 4.97. The Kier molecular flexibility index (Phi) is 6.58. The first-order chi connectivity index (χ1) is 15.8. The van der Waals surface area contributed by atoms with Gasteiger partial charge in [-0.15, -0.1) is 10.2 Å². The smallest absolute Gasteiger partial charge is 0.263 e. The number of rotatable bonds is 5. The van der Waals surface area contributed by atoms with Gasteiger partial charge in [-0.1, -0.05) is 18.2 Å². The summed E-state index contributed by atoms with van der Waals surface area (Å²) in [6.45, 7) is 10.3. The number of hydrogen-bond donors (Lipinski definition) is 0. The van der Waals surface area contributed by atoms with Gasteiger partial charge < -0.3 is 14.5 Å². The second kappa shape index (κ2) is 9.57. The number of para-hydroxylation sites is 1. The lowest BCUT2D eigenvalue weighted by Crippen LogP contribution is -2.52. The van der Waals surface area contributed by atoms with E-state index in [0.29, 0.717) is 26.2 Å². The molecule has 1 aromatic heterocycles. The van der Waals surface area contributed by atoms with Gasteiger partial charge in [0.25, 0.3) is 5.91 Å². The fourth-order valence-corrected chi connectivity index (χ4v) is 4.07. The molecular formula is C26H29FN4O2. The number of carbonyl (C=O) groups excluding carboxylic acids is 1. The molecular weight excluding hydrogens is 419 g/mol. The summed E-state index contributed by atoms with van der Waals surface area (Å²) in [5.41, 5.74) is 5.63. The number of nitrogens with zero attached hydrogens (tertiary/aromatic N) is 4. The van der Waals surface area contributed by atoms with E-state index in [-0.39, 0.29) is 11.7 Å². The molecule has 0 N–H and O–H groups in total. The minimum absolute atomic E-state index is 0.0892. The molecule has 1 fully saturated rings. The van der Waals surface area contributed by atoms with Crippen LogP contribution in [0.2, 0.25) is 0 Å². The molecule has 172 valence electrons. The van der Waals surface area contributed by atoms with E-state index in [1.54, 1.807) is 24.0 Å². The first-order valence-electron chi connectivity index (χ1n) is 11.2. The van der Waals surface area contributed by atoms with Crippen molar-refractivity contribution < 1.29 is 13.9 Å². The Hall–Kier alpha value is -3.48. The molecule has 2 aromatic carbocycles. The third-order valence-electron chi connectivity index (χ3n) is 6.17. The second-order valence-corrected chi connectivity index (χ2v) is 8.53. The summed E-state index contributed by atoms with van der Waals surface area (Å²) in [6.07, 6.45) is -0.756. The van der Waals surface area contributed by atoms with E-state index in [0.717, 1.165) is 17.1 Å². The van der Waals surface area contributed by atoms with Gasteiger partial charge in [-0.2, -0.15) is 0 Å². The van der Waals surface area contributed by atoms with Crippen LogP contribution in [0.25, 0.3) is 11.3 Å². The Morgan fingerprint density at radius 3 is 2.30 bits per heavy atom. The lowest BCUT2D eigenvalue weighted by molar-refractivity contribution is -0.138. The van der Waals surface area contributed by atoms with E-state index in [4.69, 9.17) is 4.74 Å². The third-order valence-corrected chi connectivity index (χ3v) is 6.17. The van der Waals surface area contributed by atoms with Crippen LogP contribution in [0.3, 0.4) is 0 Å². The van der Waals surface area contributed by atoms with Gasteiger partial charge in [0.05, 0.1) is 5.69 Å². The summed E-state index contributed by atoms with van der Waals surface area (Å²) in [5, 5.41) is 8.91. The fourth-order valence-electron chi connectivity index (χ4n) is 4.07. The molecule has 1 aliphatic rings. The molecule has 4 rings (SSSR count). The summed E-state index contributed by atoms with van der Waals surface area (Å²) in [4.78, 5) is 16.6. The van der Waals surface area contributed by atoms with Crippen molar-refractivity contribution in [2.75, 3.05) is 31.1 Å². The second-order valence-electron chi connectivity index (χ2n) is 8.53. The Morgan fingerprint density at radius 1 is 0.939 bits per heavy atom. The zero-order chi connectivity index (χ0) is 23.5. The van der Waals surface area contributed by atoms with Crippen LogP contribution in [-0.2, 0) is 4.79 Å². The lowest BCUT2D eigenvalue weighted by atomic mass is 9.99. The van der Waals surface area contributed by atoms with Crippen LogP contribution in [0.1, 0.15) is 23.6 Å². The van der Waals surface area contributed by atoms with Crippen molar-refractivity contribution in [3.8, 4) is 17.0 Å². The molecule has 1 atom stereocenters. The van der Waals surface area contributed by atoms with Crippen molar-refractivity contribution in [3.63, 3.8) is 0 Å². The Morgan fingerprint density at radius 2 is 1.64 bits per heavy atom. The van der Waals surface area contributed by atoms with Gasteiger partial charge in [0.2, 0.25) is 0 Å². The van der Waals surface area contributed by atoms with Gasteiger partial charge in [-0.3, -0.25) is 4.79 Å². The van der Waals surface area contributed by atoms with Crippen LogP contribution in [0.5, 0.6) is 5.75 Å². The van der Waals surface area contributed by atoms with E-state index in [1.807, 2.05) is 12.1 Å². The van der Waals surface area contributed by atoms with Crippen molar-refractivity contribution in [1.82, 2.24) is 15.1 Å². The highest BCUT2D eigenvalue weighted by molar-refractivity contribution is 5.81. The highest BCUT2D eigenvalue weighted by atomic mass is 19.1. The molecule has 7 heteroatoms. The standard InChI is InChI=1S/C26H29FN4O2/c1-17-15-19(3)21(16-18(17)2)23-9-10-25(29-28-23)30-11-13-31(14-12-30)26(32)20(4)33-24-8-6-5-7-22(24)27/h5-10,15-16,20H,11-14H2,1-4H3. The number of piperazine rings is 1. The van der Waals surface area contributed by atoms with Crippen molar-refractivity contribution in [2.45, 2.75) is 33.8 Å². The van der Waals surface area contributed by atoms with Gasteiger partial charge in [0, 0.05) is 31.7 Å². The van der Waals surface area contributed by atoms with Gasteiger partial charge in [0.15, 0.2) is 23.5 Å². The first kappa shape index (κ1) is 22.7. The number of anilines is 1. The molecule has 2 heterocycles. The zero-order valence-electron chi connectivity index (χ0n) is 19.5. The highest BCUT2D eigenvalue weighted by Crippen LogP contribution is 2.26. The fraction of sp³-hybridized carbons (Fsp3) is 0.346. The predicted molar refractivity (Wildman–Crippen MR) is 127 cm³/mol. The maximum atomic E-state index is 13.8. The molecule has 0 spiro atoms. The van der Waals surface area contributed by atoms with Gasteiger partial charge in [-0.25, -0.2) is 4.39 Å². The summed E-state index contributed by atoms with van der Waals surface area (Å²) >= 11 is 0.